The van der Waals surface area contributed by atoms with Crippen molar-refractivity contribution in [1.29, 1.82) is 0 Å². The maximum Gasteiger partial charge on any atom is 0.392 e. The molecule has 4 nitrogen and oxygen atoms in total. The predicted octanol–water partition coefficient (Wildman–Crippen LogP) is 5.65. The summed E-state index contributed by atoms with van der Waals surface area (Å²) >= 11 is 3.14. The van der Waals surface area contributed by atoms with Gasteiger partial charge in [-0.25, -0.2) is 0 Å². The second kappa shape index (κ2) is 8.65. The summed E-state index contributed by atoms with van der Waals surface area (Å²) in [4.78, 5) is 5.22. The molecule has 0 amide bonds. The molecular weight excluding hydrogens is 444 g/mol. The number of aliphatic imine (C=N–C) groups is 1. The molecule has 138 valence electrons. The van der Waals surface area contributed by atoms with Gasteiger partial charge in [0.2, 0.25) is 5.69 Å². The first-order valence-corrected chi connectivity index (χ1v) is 9.93. The summed E-state index contributed by atoms with van der Waals surface area (Å²) in [5, 5.41) is 12.7. The van der Waals surface area contributed by atoms with Gasteiger partial charge in [-0.2, -0.15) is 0 Å². The van der Waals surface area contributed by atoms with Crippen LogP contribution in [-0.4, -0.2) is 17.9 Å². The zero-order chi connectivity index (χ0) is 17.9. The van der Waals surface area contributed by atoms with E-state index in [1.54, 1.807) is 17.6 Å². The van der Waals surface area contributed by atoms with Gasteiger partial charge < -0.3 is 9.84 Å². The minimum absolute atomic E-state index is 0. The first kappa shape index (κ1) is 19.5. The molecule has 0 fully saturated rings. The van der Waals surface area contributed by atoms with Crippen LogP contribution in [0.3, 0.4) is 0 Å². The second-order valence-electron chi connectivity index (χ2n) is 5.56. The van der Waals surface area contributed by atoms with Crippen molar-refractivity contribution in [3.8, 4) is 22.9 Å². The number of halogens is 1. The van der Waals surface area contributed by atoms with Crippen LogP contribution in [0.15, 0.2) is 65.0 Å². The number of rotatable bonds is 5. The van der Waals surface area contributed by atoms with E-state index in [1.807, 2.05) is 65.9 Å². The number of aromatic nitrogens is 1. The summed E-state index contributed by atoms with van der Waals surface area (Å²) in [7, 11) is 0. The highest BCUT2D eigenvalue weighted by molar-refractivity contribution is 8.93. The van der Waals surface area contributed by atoms with Gasteiger partial charge in [-0.15, -0.1) is 21.4 Å². The molecule has 2 aromatic heterocycles. The van der Waals surface area contributed by atoms with Gasteiger partial charge >= 0.3 is 10.0 Å². The molecule has 0 atom stereocenters. The minimum Gasteiger partial charge on any atom is -0.494 e. The first-order chi connectivity index (χ1) is 12.8. The molecule has 0 aliphatic carbocycles. The van der Waals surface area contributed by atoms with Crippen LogP contribution in [0.25, 0.3) is 15.4 Å². The third kappa shape index (κ3) is 4.05. The lowest BCUT2D eigenvalue weighted by Gasteiger charge is -2.01. The van der Waals surface area contributed by atoms with E-state index in [0.29, 0.717) is 6.61 Å². The van der Waals surface area contributed by atoms with E-state index in [0.717, 1.165) is 31.7 Å². The van der Waals surface area contributed by atoms with E-state index in [2.05, 4.69) is 10.4 Å². The van der Waals surface area contributed by atoms with Crippen LogP contribution in [0.4, 0.5) is 5.69 Å². The molecule has 0 spiro atoms. The largest absolute Gasteiger partial charge is 0.494 e. The van der Waals surface area contributed by atoms with Crippen LogP contribution in [0.5, 0.6) is 11.6 Å². The van der Waals surface area contributed by atoms with Crippen molar-refractivity contribution in [2.24, 2.45) is 4.99 Å². The Bertz CT molecular complexity index is 1060. The molecule has 1 N–H and O–H groups in total. The molecule has 0 aliphatic rings. The topological polar surface area (TPSA) is 45.9 Å². The molecule has 2 aromatic carbocycles. The zero-order valence-corrected chi connectivity index (χ0v) is 17.9. The smallest absolute Gasteiger partial charge is 0.392 e. The molecular formula is C20H18BrN2O2S2+. The summed E-state index contributed by atoms with van der Waals surface area (Å²) < 4.78 is 8.34. The average molecular weight is 462 g/mol. The van der Waals surface area contributed by atoms with Crippen molar-refractivity contribution in [3.63, 3.8) is 0 Å². The summed E-state index contributed by atoms with van der Waals surface area (Å²) in [5.74, 6) is 1.05. The van der Waals surface area contributed by atoms with Gasteiger partial charge in [0.25, 0.3) is 0 Å². The molecule has 27 heavy (non-hydrogen) atoms. The van der Waals surface area contributed by atoms with Crippen LogP contribution >= 0.6 is 39.7 Å². The molecule has 2 heterocycles. The van der Waals surface area contributed by atoms with Crippen molar-refractivity contribution in [2.45, 2.75) is 6.92 Å². The Labute approximate surface area is 175 Å². The highest BCUT2D eigenvalue weighted by Gasteiger charge is 2.26. The Morgan fingerprint density at radius 2 is 1.85 bits per heavy atom. The first-order valence-electron chi connectivity index (χ1n) is 8.23. The maximum atomic E-state index is 10.7. The number of aromatic hydroxyl groups is 1. The lowest BCUT2D eigenvalue weighted by atomic mass is 10.2. The number of hydrogen-bond donors (Lipinski definition) is 1. The van der Waals surface area contributed by atoms with E-state index in [9.17, 15) is 5.11 Å². The molecule has 0 saturated carbocycles. The van der Waals surface area contributed by atoms with Crippen molar-refractivity contribution >= 4 is 55.7 Å². The number of fused-ring (bicyclic) bond motifs is 1. The van der Waals surface area contributed by atoms with Crippen LogP contribution < -0.4 is 9.14 Å². The second-order valence-corrected chi connectivity index (χ2v) is 7.71. The summed E-state index contributed by atoms with van der Waals surface area (Å²) in [5.41, 5.74) is 2.88. The van der Waals surface area contributed by atoms with Gasteiger partial charge in [-0.3, -0.25) is 4.99 Å². The van der Waals surface area contributed by atoms with Gasteiger partial charge in [-0.05, 0) is 54.7 Å². The van der Waals surface area contributed by atoms with Crippen molar-refractivity contribution < 1.29 is 14.2 Å². The molecule has 0 saturated heterocycles. The number of hydrogen-bond acceptors (Lipinski definition) is 5. The molecule has 7 heteroatoms. The molecule has 0 unspecified atom stereocenters. The lowest BCUT2D eigenvalue weighted by Crippen LogP contribution is -2.18. The Hall–Kier alpha value is -2.22. The SMILES string of the molecule is Br.CCOc1ccc(N=Cc2sc3scc(-c4ccccc4)[n+]3c2O)cc1. The van der Waals surface area contributed by atoms with Crippen LogP contribution in [0.2, 0.25) is 0 Å². The van der Waals surface area contributed by atoms with Crippen molar-refractivity contribution in [2.75, 3.05) is 6.61 Å². The van der Waals surface area contributed by atoms with Gasteiger partial charge in [0.05, 0.1) is 23.9 Å². The van der Waals surface area contributed by atoms with Gasteiger partial charge in [0, 0.05) is 5.56 Å². The van der Waals surface area contributed by atoms with E-state index in [1.165, 1.54) is 11.3 Å². The van der Waals surface area contributed by atoms with E-state index in [4.69, 9.17) is 4.74 Å². The normalized spacial score (nSPS) is 11.0. The standard InChI is InChI=1S/C20H16N2O2S2.BrH/c1-2-24-16-10-8-15(9-11-16)21-12-18-19(23)22-17(13-25-20(22)26-18)14-6-4-3-5-7-14;/h3-13H,2H2,1H3;1H/p+1. The number of ether oxygens (including phenoxy) is 1. The fourth-order valence-electron chi connectivity index (χ4n) is 2.65. The fraction of sp³-hybridized carbons (Fsp3) is 0.100. The summed E-state index contributed by atoms with van der Waals surface area (Å²) in [6, 6.07) is 17.7. The van der Waals surface area contributed by atoms with Gasteiger partial charge in [0.15, 0.2) is 4.88 Å². The Morgan fingerprint density at radius 3 is 2.56 bits per heavy atom. The molecule has 4 aromatic rings. The zero-order valence-electron chi connectivity index (χ0n) is 14.5. The Morgan fingerprint density at radius 1 is 1.11 bits per heavy atom. The number of thiazole rings is 2. The van der Waals surface area contributed by atoms with Gasteiger partial charge in [-0.1, -0.05) is 29.5 Å². The van der Waals surface area contributed by atoms with Crippen molar-refractivity contribution in [1.82, 2.24) is 0 Å². The van der Waals surface area contributed by atoms with E-state index < -0.39 is 0 Å². The Kier molecular flexibility index (Phi) is 6.26. The molecule has 0 bridgehead atoms. The summed E-state index contributed by atoms with van der Waals surface area (Å²) in [6.45, 7) is 2.60. The highest BCUT2D eigenvalue weighted by Crippen LogP contribution is 2.31. The summed E-state index contributed by atoms with van der Waals surface area (Å²) in [6.07, 6.45) is 1.71. The monoisotopic (exact) mass is 461 g/mol. The van der Waals surface area contributed by atoms with Gasteiger partial charge in [0.1, 0.15) is 5.75 Å². The number of benzene rings is 2. The van der Waals surface area contributed by atoms with Crippen LogP contribution in [-0.2, 0) is 0 Å². The maximum absolute atomic E-state index is 10.7. The molecule has 0 radical (unpaired) electrons. The van der Waals surface area contributed by atoms with E-state index >= 15 is 0 Å². The molecule has 0 aliphatic heterocycles. The fourth-order valence-corrected chi connectivity index (χ4v) is 4.75. The van der Waals surface area contributed by atoms with Crippen molar-refractivity contribution in [3.05, 3.63) is 64.9 Å². The predicted molar refractivity (Wildman–Crippen MR) is 118 cm³/mol. The number of nitrogens with zero attached hydrogens (tertiary/aromatic N) is 2. The Balaban J connectivity index is 0.00000210. The highest BCUT2D eigenvalue weighted by atomic mass is 79.9. The van der Waals surface area contributed by atoms with Crippen LogP contribution in [0, 0.1) is 0 Å². The quantitative estimate of drug-likeness (QED) is 0.308. The lowest BCUT2D eigenvalue weighted by molar-refractivity contribution is -0.502. The molecule has 4 rings (SSSR count). The van der Waals surface area contributed by atoms with Crippen LogP contribution in [0.1, 0.15) is 11.8 Å². The average Bonchev–Trinajstić information content (AvgIpc) is 3.23. The van der Waals surface area contributed by atoms with E-state index in [-0.39, 0.29) is 22.9 Å². The third-order valence-corrected chi connectivity index (χ3v) is 6.00. The minimum atomic E-state index is 0. The third-order valence-electron chi connectivity index (χ3n) is 3.87.